The van der Waals surface area contributed by atoms with Gasteiger partial charge in [-0.1, -0.05) is 25.1 Å². The summed E-state index contributed by atoms with van der Waals surface area (Å²) in [7, 11) is 0. The molecule has 0 heterocycles. The molecule has 0 atom stereocenters. The number of benzene rings is 2. The average Bonchev–Trinajstić information content (AvgIpc) is 2.41. The van der Waals surface area contributed by atoms with Crippen molar-refractivity contribution in [1.82, 2.24) is 0 Å². The van der Waals surface area contributed by atoms with Gasteiger partial charge in [-0.3, -0.25) is 0 Å². The van der Waals surface area contributed by atoms with Gasteiger partial charge in [-0.05, 0) is 60.9 Å². The van der Waals surface area contributed by atoms with E-state index in [0.29, 0.717) is 0 Å². The van der Waals surface area contributed by atoms with Crippen molar-refractivity contribution in [3.63, 3.8) is 0 Å². The second-order valence-electron chi connectivity index (χ2n) is 4.64. The van der Waals surface area contributed by atoms with Crippen LogP contribution < -0.4 is 11.5 Å². The summed E-state index contributed by atoms with van der Waals surface area (Å²) in [5.41, 5.74) is 14.6. The van der Waals surface area contributed by atoms with Gasteiger partial charge in [0.25, 0.3) is 0 Å². The maximum atomic E-state index is 5.89. The van der Waals surface area contributed by atoms with Gasteiger partial charge < -0.3 is 11.5 Å². The van der Waals surface area contributed by atoms with Gasteiger partial charge in [0.1, 0.15) is 0 Å². The van der Waals surface area contributed by atoms with Gasteiger partial charge in [0.15, 0.2) is 0 Å². The van der Waals surface area contributed by atoms with E-state index in [4.69, 9.17) is 11.5 Å². The average molecular weight is 272 g/mol. The molecule has 0 aromatic heterocycles. The first-order chi connectivity index (χ1) is 9.19. The molecule has 3 heteroatoms. The number of nitrogens with two attached hydrogens (primary N) is 2. The summed E-state index contributed by atoms with van der Waals surface area (Å²) in [5.74, 6) is 0. The first-order valence-corrected chi connectivity index (χ1v) is 7.42. The predicted octanol–water partition coefficient (Wildman–Crippen LogP) is 4.34. The molecule has 2 aromatic rings. The van der Waals surface area contributed by atoms with Crippen molar-refractivity contribution < 1.29 is 0 Å². The molecule has 0 fully saturated rings. The lowest BCUT2D eigenvalue weighted by molar-refractivity contribution is 0.785. The van der Waals surface area contributed by atoms with E-state index in [1.165, 1.54) is 28.2 Å². The number of unbranched alkanes of at least 4 members (excludes halogenated alkanes) is 1. The molecule has 0 aliphatic heterocycles. The second-order valence-corrected chi connectivity index (χ2v) is 5.76. The minimum absolute atomic E-state index is 0.799. The van der Waals surface area contributed by atoms with Crippen LogP contribution in [0, 0.1) is 0 Å². The maximum absolute atomic E-state index is 5.89. The minimum atomic E-state index is 0.799. The first-order valence-electron chi connectivity index (χ1n) is 6.61. The number of aryl methyl sites for hydroxylation is 1. The zero-order valence-corrected chi connectivity index (χ0v) is 12.0. The highest BCUT2D eigenvalue weighted by Gasteiger charge is 2.05. The van der Waals surface area contributed by atoms with Gasteiger partial charge in [0.2, 0.25) is 0 Å². The van der Waals surface area contributed by atoms with Gasteiger partial charge in [-0.25, -0.2) is 0 Å². The fourth-order valence-electron chi connectivity index (χ4n) is 1.92. The van der Waals surface area contributed by atoms with Crippen molar-refractivity contribution in [3.05, 3.63) is 48.0 Å². The Morgan fingerprint density at radius 1 is 0.947 bits per heavy atom. The zero-order valence-electron chi connectivity index (χ0n) is 11.2. The largest absolute Gasteiger partial charge is 0.399 e. The molecule has 0 amide bonds. The van der Waals surface area contributed by atoms with Gasteiger partial charge in [0, 0.05) is 21.2 Å². The predicted molar refractivity (Wildman–Crippen MR) is 84.4 cm³/mol. The Hall–Kier alpha value is -1.61. The van der Waals surface area contributed by atoms with E-state index >= 15 is 0 Å². The summed E-state index contributed by atoms with van der Waals surface area (Å²) in [6.45, 7) is 2.21. The van der Waals surface area contributed by atoms with Crippen molar-refractivity contribution >= 4 is 23.1 Å². The molecule has 0 unspecified atom stereocenters. The number of hydrogen-bond donors (Lipinski definition) is 2. The lowest BCUT2D eigenvalue weighted by Crippen LogP contribution is -1.92. The molecule has 100 valence electrons. The molecular weight excluding hydrogens is 252 g/mol. The van der Waals surface area contributed by atoms with E-state index in [1.807, 2.05) is 18.2 Å². The highest BCUT2D eigenvalue weighted by Crippen LogP contribution is 2.32. The highest BCUT2D eigenvalue weighted by atomic mass is 32.2. The third-order valence-corrected chi connectivity index (χ3v) is 4.12. The van der Waals surface area contributed by atoms with Crippen molar-refractivity contribution in [2.45, 2.75) is 36.0 Å². The molecule has 0 aliphatic rings. The molecule has 0 bridgehead atoms. The van der Waals surface area contributed by atoms with Gasteiger partial charge in [-0.15, -0.1) is 0 Å². The van der Waals surface area contributed by atoms with Gasteiger partial charge >= 0.3 is 0 Å². The Morgan fingerprint density at radius 3 is 2.32 bits per heavy atom. The monoisotopic (exact) mass is 272 g/mol. The van der Waals surface area contributed by atoms with Crippen LogP contribution in [0.15, 0.2) is 52.3 Å². The summed E-state index contributed by atoms with van der Waals surface area (Å²) < 4.78 is 0. The van der Waals surface area contributed by atoms with E-state index in [9.17, 15) is 0 Å². The Kier molecular flexibility index (Phi) is 4.74. The molecule has 0 saturated heterocycles. The second kappa shape index (κ2) is 6.53. The molecule has 0 spiro atoms. The van der Waals surface area contributed by atoms with Crippen molar-refractivity contribution in [2.24, 2.45) is 0 Å². The fraction of sp³-hybridized carbons (Fsp3) is 0.250. The zero-order chi connectivity index (χ0) is 13.7. The molecule has 0 saturated carbocycles. The topological polar surface area (TPSA) is 52.0 Å². The molecule has 0 radical (unpaired) electrons. The van der Waals surface area contributed by atoms with E-state index in [-0.39, 0.29) is 0 Å². The number of anilines is 2. The van der Waals surface area contributed by atoms with Crippen LogP contribution in [0.1, 0.15) is 25.3 Å². The molecule has 2 rings (SSSR count). The maximum Gasteiger partial charge on any atom is 0.0317 e. The molecule has 2 aromatic carbocycles. The minimum Gasteiger partial charge on any atom is -0.399 e. The Labute approximate surface area is 119 Å². The van der Waals surface area contributed by atoms with Crippen LogP contribution >= 0.6 is 11.8 Å². The number of nitrogen functional groups attached to an aromatic ring is 2. The van der Waals surface area contributed by atoms with Crippen LogP contribution in [0.4, 0.5) is 11.4 Å². The van der Waals surface area contributed by atoms with Gasteiger partial charge in [-0.2, -0.15) is 0 Å². The lowest BCUT2D eigenvalue weighted by atomic mass is 10.1. The van der Waals surface area contributed by atoms with Crippen molar-refractivity contribution in [2.75, 3.05) is 11.5 Å². The number of hydrogen-bond acceptors (Lipinski definition) is 3. The summed E-state index contributed by atoms with van der Waals surface area (Å²) in [4.78, 5) is 2.49. The lowest BCUT2D eigenvalue weighted by Gasteiger charge is -2.10. The number of rotatable bonds is 5. The SMILES string of the molecule is CCCCc1cc(N)ccc1Sc1ccc(N)cc1. The van der Waals surface area contributed by atoms with Gasteiger partial charge in [0.05, 0.1) is 0 Å². The van der Waals surface area contributed by atoms with Crippen molar-refractivity contribution in [3.8, 4) is 0 Å². The fourth-order valence-corrected chi connectivity index (χ4v) is 2.88. The molecule has 2 nitrogen and oxygen atoms in total. The van der Waals surface area contributed by atoms with Crippen LogP contribution in [0.2, 0.25) is 0 Å². The third kappa shape index (κ3) is 3.93. The van der Waals surface area contributed by atoms with E-state index in [0.717, 1.165) is 17.8 Å². The molecule has 0 aliphatic carbocycles. The summed E-state index contributed by atoms with van der Waals surface area (Å²) in [6.07, 6.45) is 3.47. The Bertz CT molecular complexity index is 535. The highest BCUT2D eigenvalue weighted by molar-refractivity contribution is 7.99. The van der Waals surface area contributed by atoms with Crippen LogP contribution in [0.5, 0.6) is 0 Å². The standard InChI is InChI=1S/C16H20N2S/c1-2-3-4-12-11-14(18)7-10-16(12)19-15-8-5-13(17)6-9-15/h5-11H,2-4,17-18H2,1H3. The van der Waals surface area contributed by atoms with Crippen LogP contribution in [-0.4, -0.2) is 0 Å². The van der Waals surface area contributed by atoms with E-state index < -0.39 is 0 Å². The first kappa shape index (κ1) is 13.8. The summed E-state index contributed by atoms with van der Waals surface area (Å²) in [6, 6.07) is 14.2. The normalized spacial score (nSPS) is 10.6. The summed E-state index contributed by atoms with van der Waals surface area (Å²) in [5, 5.41) is 0. The van der Waals surface area contributed by atoms with E-state index in [2.05, 4.69) is 31.2 Å². The Balaban J connectivity index is 2.20. The summed E-state index contributed by atoms with van der Waals surface area (Å²) >= 11 is 1.77. The van der Waals surface area contributed by atoms with Crippen molar-refractivity contribution in [1.29, 1.82) is 0 Å². The van der Waals surface area contributed by atoms with Crippen LogP contribution in [-0.2, 0) is 6.42 Å². The third-order valence-electron chi connectivity index (χ3n) is 2.99. The van der Waals surface area contributed by atoms with Crippen LogP contribution in [0.25, 0.3) is 0 Å². The van der Waals surface area contributed by atoms with E-state index in [1.54, 1.807) is 11.8 Å². The van der Waals surface area contributed by atoms with Crippen LogP contribution in [0.3, 0.4) is 0 Å². The molecule has 19 heavy (non-hydrogen) atoms. The quantitative estimate of drug-likeness (QED) is 0.796. The Morgan fingerprint density at radius 2 is 1.63 bits per heavy atom. The molecular formula is C16H20N2S. The molecule has 4 N–H and O–H groups in total. The smallest absolute Gasteiger partial charge is 0.0317 e.